The quantitative estimate of drug-likeness (QED) is 0.167. The van der Waals surface area contributed by atoms with E-state index in [-0.39, 0.29) is 9.90 Å². The lowest BCUT2D eigenvalue weighted by molar-refractivity contribution is 0.0450. The van der Waals surface area contributed by atoms with E-state index in [1.54, 1.807) is 24.3 Å². The molecule has 0 N–H and O–H groups in total. The zero-order chi connectivity index (χ0) is 20.5. The number of esters is 2. The molecule has 166 valence electrons. The van der Waals surface area contributed by atoms with Crippen molar-refractivity contribution in [3.63, 3.8) is 0 Å². The van der Waals surface area contributed by atoms with E-state index < -0.39 is 11.9 Å². The summed E-state index contributed by atoms with van der Waals surface area (Å²) in [7, 11) is 0. The second kappa shape index (κ2) is 18.6. The van der Waals surface area contributed by atoms with Gasteiger partial charge in [0.1, 0.15) is 0 Å². The molecule has 0 radical (unpaired) electrons. The van der Waals surface area contributed by atoms with E-state index in [1.807, 2.05) is 0 Å². The third-order valence-electron chi connectivity index (χ3n) is 4.83. The van der Waals surface area contributed by atoms with Crippen LogP contribution in [0.3, 0.4) is 0 Å². The van der Waals surface area contributed by atoms with E-state index in [4.69, 9.17) is 9.47 Å². The molecule has 0 aliphatic carbocycles. The van der Waals surface area contributed by atoms with Crippen LogP contribution in [-0.4, -0.2) is 25.2 Å². The van der Waals surface area contributed by atoms with Crippen LogP contribution in [0.15, 0.2) is 24.3 Å². The zero-order valence-corrected chi connectivity index (χ0v) is 20.0. The molecule has 1 unspecified atom stereocenters. The van der Waals surface area contributed by atoms with Crippen LogP contribution in [0, 0.1) is 0 Å². The van der Waals surface area contributed by atoms with Gasteiger partial charge in [-0.2, -0.15) is 9.90 Å². The van der Waals surface area contributed by atoms with Crippen molar-refractivity contribution in [3.05, 3.63) is 35.4 Å². The number of unbranched alkanes of at least 4 members (excludes halogenated alkanes) is 10. The van der Waals surface area contributed by atoms with E-state index in [0.717, 1.165) is 25.7 Å². The van der Waals surface area contributed by atoms with Crippen LogP contribution in [0.2, 0.25) is 0 Å². The van der Waals surface area contributed by atoms with E-state index in [2.05, 4.69) is 13.8 Å². The highest BCUT2D eigenvalue weighted by atomic mass is 31.0. The predicted molar refractivity (Wildman–Crippen MR) is 125 cm³/mol. The lowest BCUT2D eigenvalue weighted by Gasteiger charge is -2.10. The smallest absolute Gasteiger partial charge is 0.339 e. The maximum absolute atomic E-state index is 12.4. The van der Waals surface area contributed by atoms with Crippen molar-refractivity contribution < 1.29 is 19.1 Å². The van der Waals surface area contributed by atoms with E-state index in [1.165, 1.54) is 51.4 Å². The minimum Gasteiger partial charge on any atom is -0.462 e. The third kappa shape index (κ3) is 12.7. The molecule has 0 spiro atoms. The molecule has 4 nitrogen and oxygen atoms in total. The second-order valence-electron chi connectivity index (χ2n) is 7.35. The molecular weight excluding hydrogens is 383 g/mol. The van der Waals surface area contributed by atoms with Gasteiger partial charge in [-0.1, -0.05) is 90.2 Å². The van der Waals surface area contributed by atoms with Crippen molar-refractivity contribution in [2.24, 2.45) is 0 Å². The van der Waals surface area contributed by atoms with Crippen LogP contribution in [0.5, 0.6) is 0 Å². The molecule has 29 heavy (non-hydrogen) atoms. The van der Waals surface area contributed by atoms with E-state index in [9.17, 15) is 9.59 Å². The standard InChI is InChI=1S/C24H38O4.H3P/c1-3-5-7-9-11-15-19-27-23(25)21-17-13-14-18-22(21)24(26)28-20-16-12-10-8-6-4-2;/h13-14,17-18H,3-12,15-16,19-20H2,1-2H3;1H3. The van der Waals surface area contributed by atoms with Gasteiger partial charge in [0.05, 0.1) is 24.3 Å². The summed E-state index contributed by atoms with van der Waals surface area (Å²) in [5.74, 6) is -0.888. The summed E-state index contributed by atoms with van der Waals surface area (Å²) in [5.41, 5.74) is 0.586. The van der Waals surface area contributed by atoms with Gasteiger partial charge in [-0.15, -0.1) is 0 Å². The van der Waals surface area contributed by atoms with Gasteiger partial charge in [-0.05, 0) is 25.0 Å². The molecule has 0 fully saturated rings. The van der Waals surface area contributed by atoms with Crippen LogP contribution in [0.25, 0.3) is 0 Å². The van der Waals surface area contributed by atoms with Gasteiger partial charge >= 0.3 is 11.9 Å². The minimum atomic E-state index is -0.444. The zero-order valence-electron chi connectivity index (χ0n) is 18.5. The molecule has 0 heterocycles. The van der Waals surface area contributed by atoms with Crippen LogP contribution < -0.4 is 0 Å². The first kappa shape index (κ1) is 27.6. The number of hydrogen-bond acceptors (Lipinski definition) is 4. The molecule has 0 saturated carbocycles. The van der Waals surface area contributed by atoms with Crippen molar-refractivity contribution >= 4 is 21.8 Å². The molecule has 0 saturated heterocycles. The fourth-order valence-corrected chi connectivity index (χ4v) is 3.09. The maximum atomic E-state index is 12.4. The first-order valence-corrected chi connectivity index (χ1v) is 11.1. The fourth-order valence-electron chi connectivity index (χ4n) is 3.09. The largest absolute Gasteiger partial charge is 0.462 e. The number of hydrogen-bond donors (Lipinski definition) is 0. The van der Waals surface area contributed by atoms with Gasteiger partial charge in [0.25, 0.3) is 0 Å². The van der Waals surface area contributed by atoms with Gasteiger partial charge in [0.2, 0.25) is 0 Å². The Bertz CT molecular complexity index is 511. The van der Waals surface area contributed by atoms with Crippen molar-refractivity contribution in [2.45, 2.75) is 90.9 Å². The van der Waals surface area contributed by atoms with Gasteiger partial charge in [-0.25, -0.2) is 9.59 Å². The summed E-state index contributed by atoms with van der Waals surface area (Å²) in [6.45, 7) is 5.17. The summed E-state index contributed by atoms with van der Waals surface area (Å²) in [4.78, 5) is 24.7. The normalized spacial score (nSPS) is 10.3. The number of carbonyl (C=O) groups excluding carboxylic acids is 2. The van der Waals surface area contributed by atoms with Crippen molar-refractivity contribution in [3.8, 4) is 0 Å². The summed E-state index contributed by atoms with van der Waals surface area (Å²) < 4.78 is 10.7. The Hall–Kier alpha value is -1.41. The number of carbonyl (C=O) groups is 2. The summed E-state index contributed by atoms with van der Waals surface area (Å²) in [5, 5.41) is 0. The predicted octanol–water partition coefficient (Wildman–Crippen LogP) is 6.78. The number of rotatable bonds is 16. The second-order valence-corrected chi connectivity index (χ2v) is 7.35. The summed E-state index contributed by atoms with van der Waals surface area (Å²) >= 11 is 0. The molecule has 5 heteroatoms. The Morgan fingerprint density at radius 2 is 0.966 bits per heavy atom. The molecule has 1 aromatic rings. The molecule has 0 aliphatic heterocycles. The fraction of sp³-hybridized carbons (Fsp3) is 0.667. The van der Waals surface area contributed by atoms with Gasteiger partial charge < -0.3 is 9.47 Å². The first-order chi connectivity index (χ1) is 13.7. The van der Waals surface area contributed by atoms with Gasteiger partial charge in [-0.3, -0.25) is 0 Å². The van der Waals surface area contributed by atoms with Crippen molar-refractivity contribution in [1.82, 2.24) is 0 Å². The molecule has 1 atom stereocenters. The molecule has 0 bridgehead atoms. The van der Waals surface area contributed by atoms with E-state index >= 15 is 0 Å². The molecule has 0 aromatic heterocycles. The molecule has 0 amide bonds. The molecular formula is C24H41O4P. The number of benzene rings is 1. The average molecular weight is 425 g/mol. The van der Waals surface area contributed by atoms with E-state index in [0.29, 0.717) is 24.3 Å². The highest BCUT2D eigenvalue weighted by Crippen LogP contribution is 2.14. The Kier molecular flexibility index (Phi) is 17.7. The Labute approximate surface area is 180 Å². The van der Waals surface area contributed by atoms with Crippen LogP contribution >= 0.6 is 9.90 Å². The minimum absolute atomic E-state index is 0. The highest BCUT2D eigenvalue weighted by molar-refractivity contribution is 6.92. The number of ether oxygens (including phenoxy) is 2. The van der Waals surface area contributed by atoms with Crippen LogP contribution in [-0.2, 0) is 9.47 Å². The first-order valence-electron chi connectivity index (χ1n) is 11.1. The SMILES string of the molecule is CCCCCCCCOC(=O)c1ccccc1C(=O)OCCCCCCCC.P. The topological polar surface area (TPSA) is 52.6 Å². The molecule has 1 aromatic carbocycles. The lowest BCUT2D eigenvalue weighted by Crippen LogP contribution is -2.15. The molecule has 1 rings (SSSR count). The van der Waals surface area contributed by atoms with Gasteiger partial charge in [0.15, 0.2) is 0 Å². The molecule has 0 aliphatic rings. The summed E-state index contributed by atoms with van der Waals surface area (Å²) in [6, 6.07) is 6.74. The average Bonchev–Trinajstić information content (AvgIpc) is 2.72. The Morgan fingerprint density at radius 3 is 1.34 bits per heavy atom. The highest BCUT2D eigenvalue weighted by Gasteiger charge is 2.18. The lowest BCUT2D eigenvalue weighted by atomic mass is 10.1. The van der Waals surface area contributed by atoms with Gasteiger partial charge in [0, 0.05) is 0 Å². The van der Waals surface area contributed by atoms with Crippen LogP contribution in [0.1, 0.15) is 112 Å². The monoisotopic (exact) mass is 424 g/mol. The van der Waals surface area contributed by atoms with Crippen molar-refractivity contribution in [1.29, 1.82) is 0 Å². The summed E-state index contributed by atoms with van der Waals surface area (Å²) in [6.07, 6.45) is 13.6. The maximum Gasteiger partial charge on any atom is 0.339 e. The third-order valence-corrected chi connectivity index (χ3v) is 4.83. The van der Waals surface area contributed by atoms with Crippen molar-refractivity contribution in [2.75, 3.05) is 13.2 Å². The Morgan fingerprint density at radius 1 is 0.621 bits per heavy atom. The Balaban J connectivity index is 0.00000784. The van der Waals surface area contributed by atoms with Crippen LogP contribution in [0.4, 0.5) is 0 Å².